The van der Waals surface area contributed by atoms with Crippen LogP contribution in [0.4, 0.5) is 5.69 Å². The number of nitrogen functional groups attached to an aromatic ring is 1. The van der Waals surface area contributed by atoms with E-state index in [0.29, 0.717) is 28.1 Å². The second-order valence-corrected chi connectivity index (χ2v) is 5.53. The molecule has 0 saturated carbocycles. The number of aromatic nitrogens is 3. The van der Waals surface area contributed by atoms with Gasteiger partial charge in [0.1, 0.15) is 11.4 Å². The standard InChI is InChI=1S/C13H16BrN5O/c1-18(2)5-6-19-12(10(14)8-17-19)13(20)11-4-3-9(15)7-16-11/h3-4,7-8H,5-6,15H2,1-2H3. The summed E-state index contributed by atoms with van der Waals surface area (Å²) in [7, 11) is 3.95. The molecule has 0 radical (unpaired) electrons. The summed E-state index contributed by atoms with van der Waals surface area (Å²) >= 11 is 3.37. The molecule has 20 heavy (non-hydrogen) atoms. The van der Waals surface area contributed by atoms with E-state index in [-0.39, 0.29) is 5.78 Å². The normalized spacial score (nSPS) is 11.0. The lowest BCUT2D eigenvalue weighted by atomic mass is 10.2. The predicted octanol–water partition coefficient (Wildman–Crippen LogP) is 1.42. The van der Waals surface area contributed by atoms with Crippen molar-refractivity contribution in [2.45, 2.75) is 6.54 Å². The molecular weight excluding hydrogens is 322 g/mol. The fourth-order valence-corrected chi connectivity index (χ4v) is 2.19. The zero-order valence-electron chi connectivity index (χ0n) is 11.4. The summed E-state index contributed by atoms with van der Waals surface area (Å²) in [6.45, 7) is 1.43. The highest BCUT2D eigenvalue weighted by molar-refractivity contribution is 9.10. The monoisotopic (exact) mass is 337 g/mol. The van der Waals surface area contributed by atoms with Gasteiger partial charge in [-0.15, -0.1) is 0 Å². The number of pyridine rings is 1. The van der Waals surface area contributed by atoms with Gasteiger partial charge in [0, 0.05) is 6.54 Å². The second kappa shape index (κ2) is 6.15. The molecule has 106 valence electrons. The number of rotatable bonds is 5. The van der Waals surface area contributed by atoms with Crippen LogP contribution in [0.25, 0.3) is 0 Å². The highest BCUT2D eigenvalue weighted by Gasteiger charge is 2.19. The van der Waals surface area contributed by atoms with Crippen molar-refractivity contribution in [3.05, 3.63) is 40.4 Å². The van der Waals surface area contributed by atoms with Crippen molar-refractivity contribution < 1.29 is 4.79 Å². The van der Waals surface area contributed by atoms with E-state index >= 15 is 0 Å². The first-order valence-corrected chi connectivity index (χ1v) is 6.90. The minimum absolute atomic E-state index is 0.173. The molecule has 0 aliphatic carbocycles. The van der Waals surface area contributed by atoms with Crippen LogP contribution in [0.2, 0.25) is 0 Å². The molecule has 0 atom stereocenters. The van der Waals surface area contributed by atoms with Gasteiger partial charge in [-0.1, -0.05) is 0 Å². The van der Waals surface area contributed by atoms with Crippen molar-refractivity contribution in [1.82, 2.24) is 19.7 Å². The van der Waals surface area contributed by atoms with Gasteiger partial charge in [-0.3, -0.25) is 14.5 Å². The zero-order valence-corrected chi connectivity index (χ0v) is 13.0. The largest absolute Gasteiger partial charge is 0.397 e. The lowest BCUT2D eigenvalue weighted by Gasteiger charge is -2.11. The molecule has 0 bridgehead atoms. The van der Waals surface area contributed by atoms with Gasteiger partial charge in [0.05, 0.1) is 29.1 Å². The Bertz CT molecular complexity index is 606. The lowest BCUT2D eigenvalue weighted by Crippen LogP contribution is -2.22. The number of halogens is 1. The van der Waals surface area contributed by atoms with E-state index in [1.807, 2.05) is 19.0 Å². The van der Waals surface area contributed by atoms with Gasteiger partial charge in [0.15, 0.2) is 0 Å². The third-order valence-corrected chi connectivity index (χ3v) is 3.37. The van der Waals surface area contributed by atoms with E-state index in [1.165, 1.54) is 6.20 Å². The van der Waals surface area contributed by atoms with E-state index in [9.17, 15) is 4.79 Å². The molecule has 0 fully saturated rings. The number of nitrogens with zero attached hydrogens (tertiary/aromatic N) is 4. The Balaban J connectivity index is 2.29. The second-order valence-electron chi connectivity index (χ2n) is 4.67. The Morgan fingerprint density at radius 3 is 2.75 bits per heavy atom. The summed E-state index contributed by atoms with van der Waals surface area (Å²) in [5.74, 6) is -0.173. The lowest BCUT2D eigenvalue weighted by molar-refractivity contribution is 0.102. The van der Waals surface area contributed by atoms with Gasteiger partial charge in [-0.05, 0) is 42.2 Å². The van der Waals surface area contributed by atoms with Crippen LogP contribution < -0.4 is 5.73 Å². The zero-order chi connectivity index (χ0) is 14.7. The first-order valence-electron chi connectivity index (χ1n) is 6.11. The van der Waals surface area contributed by atoms with Crippen molar-refractivity contribution in [3.63, 3.8) is 0 Å². The van der Waals surface area contributed by atoms with E-state index in [0.717, 1.165) is 6.54 Å². The van der Waals surface area contributed by atoms with E-state index < -0.39 is 0 Å². The first-order chi connectivity index (χ1) is 9.49. The van der Waals surface area contributed by atoms with Gasteiger partial charge in [-0.2, -0.15) is 5.10 Å². The van der Waals surface area contributed by atoms with Gasteiger partial charge in [0.2, 0.25) is 5.78 Å². The molecule has 2 N–H and O–H groups in total. The molecule has 0 spiro atoms. The minimum atomic E-state index is -0.173. The van der Waals surface area contributed by atoms with Gasteiger partial charge in [-0.25, -0.2) is 0 Å². The molecule has 0 saturated heterocycles. The number of carbonyl (C=O) groups excluding carboxylic acids is 1. The summed E-state index contributed by atoms with van der Waals surface area (Å²) in [4.78, 5) is 18.6. The summed E-state index contributed by atoms with van der Waals surface area (Å²) < 4.78 is 2.35. The smallest absolute Gasteiger partial charge is 0.230 e. The highest BCUT2D eigenvalue weighted by atomic mass is 79.9. The fraction of sp³-hybridized carbons (Fsp3) is 0.308. The van der Waals surface area contributed by atoms with Crippen LogP contribution in [0.5, 0.6) is 0 Å². The van der Waals surface area contributed by atoms with E-state index in [2.05, 4.69) is 26.0 Å². The predicted molar refractivity (Wildman–Crippen MR) is 80.6 cm³/mol. The number of nitrogens with two attached hydrogens (primary N) is 1. The summed E-state index contributed by atoms with van der Waals surface area (Å²) in [5, 5.41) is 4.22. The van der Waals surface area contributed by atoms with Crippen molar-refractivity contribution in [1.29, 1.82) is 0 Å². The third kappa shape index (κ3) is 3.23. The molecule has 2 aromatic heterocycles. The van der Waals surface area contributed by atoms with Crippen molar-refractivity contribution in [2.75, 3.05) is 26.4 Å². The van der Waals surface area contributed by atoms with Crippen LogP contribution >= 0.6 is 15.9 Å². The quantitative estimate of drug-likeness (QED) is 0.835. The summed E-state index contributed by atoms with van der Waals surface area (Å²) in [6.07, 6.45) is 3.10. The van der Waals surface area contributed by atoms with Crippen molar-refractivity contribution in [2.24, 2.45) is 0 Å². The number of ketones is 1. The average molecular weight is 338 g/mol. The van der Waals surface area contributed by atoms with Crippen LogP contribution in [0, 0.1) is 0 Å². The number of hydrogen-bond donors (Lipinski definition) is 1. The Hall–Kier alpha value is -1.73. The molecule has 0 aliphatic heterocycles. The van der Waals surface area contributed by atoms with Crippen LogP contribution in [0.3, 0.4) is 0 Å². The Kier molecular flexibility index (Phi) is 4.51. The number of anilines is 1. The summed E-state index contributed by atoms with van der Waals surface area (Å²) in [5.41, 5.74) is 6.97. The van der Waals surface area contributed by atoms with E-state index in [4.69, 9.17) is 5.73 Å². The van der Waals surface area contributed by atoms with Crippen LogP contribution in [0.15, 0.2) is 29.0 Å². The molecule has 2 aromatic rings. The Labute approximate surface area is 125 Å². The van der Waals surface area contributed by atoms with Gasteiger partial charge in [0.25, 0.3) is 0 Å². The van der Waals surface area contributed by atoms with Crippen molar-refractivity contribution >= 4 is 27.4 Å². The Morgan fingerprint density at radius 2 is 2.15 bits per heavy atom. The molecule has 0 aromatic carbocycles. The Morgan fingerprint density at radius 1 is 1.40 bits per heavy atom. The molecule has 7 heteroatoms. The van der Waals surface area contributed by atoms with Crippen LogP contribution in [-0.2, 0) is 6.54 Å². The topological polar surface area (TPSA) is 77.0 Å². The SMILES string of the molecule is CN(C)CCn1ncc(Br)c1C(=O)c1ccc(N)cn1. The molecule has 0 aliphatic rings. The molecule has 2 rings (SSSR count). The van der Waals surface area contributed by atoms with Gasteiger partial charge >= 0.3 is 0 Å². The fourth-order valence-electron chi connectivity index (χ4n) is 1.71. The molecule has 2 heterocycles. The maximum Gasteiger partial charge on any atom is 0.230 e. The number of carbonyl (C=O) groups is 1. The maximum absolute atomic E-state index is 12.5. The maximum atomic E-state index is 12.5. The van der Waals surface area contributed by atoms with E-state index in [1.54, 1.807) is 23.0 Å². The van der Waals surface area contributed by atoms with Gasteiger partial charge < -0.3 is 10.6 Å². The molecule has 0 amide bonds. The molecule has 6 nitrogen and oxygen atoms in total. The minimum Gasteiger partial charge on any atom is -0.397 e. The third-order valence-electron chi connectivity index (χ3n) is 2.79. The average Bonchev–Trinajstić information content (AvgIpc) is 2.77. The van der Waals surface area contributed by atoms with Crippen LogP contribution in [0.1, 0.15) is 16.2 Å². The van der Waals surface area contributed by atoms with Crippen LogP contribution in [-0.4, -0.2) is 46.1 Å². The summed E-state index contributed by atoms with van der Waals surface area (Å²) in [6, 6.07) is 3.28. The number of likely N-dealkylation sites (N-methyl/N-ethyl adjacent to an activating group) is 1. The first kappa shape index (κ1) is 14.7. The number of hydrogen-bond acceptors (Lipinski definition) is 5. The molecular formula is C13H16BrN5O. The van der Waals surface area contributed by atoms with Crippen molar-refractivity contribution in [3.8, 4) is 0 Å². The highest BCUT2D eigenvalue weighted by Crippen LogP contribution is 2.19. The molecule has 0 unspecified atom stereocenters.